The molecule has 3 rings (SSSR count). The molecule has 4 nitrogen and oxygen atoms in total. The minimum absolute atomic E-state index is 0.167. The van der Waals surface area contributed by atoms with Gasteiger partial charge in [-0.2, -0.15) is 0 Å². The highest BCUT2D eigenvalue weighted by Gasteiger charge is 2.34. The lowest BCUT2D eigenvalue weighted by Crippen LogP contribution is -2.35. The van der Waals surface area contributed by atoms with Crippen molar-refractivity contribution in [3.8, 4) is 0 Å². The number of para-hydroxylation sites is 1. The Labute approximate surface area is 133 Å². The second-order valence-corrected chi connectivity index (χ2v) is 7.01. The molecule has 0 unspecified atom stereocenters. The first kappa shape index (κ1) is 15.5. The normalized spacial score (nSPS) is 24.1. The van der Waals surface area contributed by atoms with E-state index in [0.717, 1.165) is 45.1 Å². The number of rotatable bonds is 3. The van der Waals surface area contributed by atoms with Crippen LogP contribution in [-0.2, 0) is 11.3 Å². The number of nitrogens with zero attached hydrogens (tertiary/aromatic N) is 3. The number of morpholine rings is 1. The van der Waals surface area contributed by atoms with E-state index in [1.165, 1.54) is 17.8 Å². The van der Waals surface area contributed by atoms with E-state index in [4.69, 9.17) is 9.73 Å². The Morgan fingerprint density at radius 1 is 1.14 bits per heavy atom. The number of ether oxygens (including phenoxy) is 1. The molecule has 0 aliphatic carbocycles. The molecule has 2 saturated heterocycles. The van der Waals surface area contributed by atoms with Gasteiger partial charge in [-0.15, -0.1) is 0 Å². The molecule has 120 valence electrons. The van der Waals surface area contributed by atoms with Crippen molar-refractivity contribution in [2.24, 2.45) is 10.4 Å². The lowest BCUT2D eigenvalue weighted by molar-refractivity contribution is 0.0342. The fourth-order valence-corrected chi connectivity index (χ4v) is 3.29. The standard InChI is InChI=1S/C18H27N3O/c1-18(2)8-9-20(3)17(18)19-16-7-5-4-6-15(16)14-21-10-12-22-13-11-21/h4-7H,8-14H2,1-3H3/b19-17+. The van der Waals surface area contributed by atoms with Crippen LogP contribution in [0.3, 0.4) is 0 Å². The Bertz CT molecular complexity index is 547. The van der Waals surface area contributed by atoms with Crippen LogP contribution in [0.25, 0.3) is 0 Å². The van der Waals surface area contributed by atoms with Gasteiger partial charge in [-0.3, -0.25) is 4.90 Å². The molecule has 0 bridgehead atoms. The molecule has 0 N–H and O–H groups in total. The molecule has 1 aromatic carbocycles. The van der Waals surface area contributed by atoms with Crippen molar-refractivity contribution in [2.75, 3.05) is 39.9 Å². The van der Waals surface area contributed by atoms with Gasteiger partial charge in [-0.1, -0.05) is 32.0 Å². The summed E-state index contributed by atoms with van der Waals surface area (Å²) in [4.78, 5) is 9.79. The average molecular weight is 301 g/mol. The summed E-state index contributed by atoms with van der Waals surface area (Å²) in [5.41, 5.74) is 2.60. The van der Waals surface area contributed by atoms with E-state index in [1.807, 2.05) is 0 Å². The summed E-state index contributed by atoms with van der Waals surface area (Å²) < 4.78 is 5.44. The quantitative estimate of drug-likeness (QED) is 0.859. The van der Waals surface area contributed by atoms with Crippen molar-refractivity contribution < 1.29 is 4.74 Å². The topological polar surface area (TPSA) is 28.1 Å². The van der Waals surface area contributed by atoms with Crippen LogP contribution in [0.5, 0.6) is 0 Å². The first-order valence-electron chi connectivity index (χ1n) is 8.24. The Kier molecular flexibility index (Phi) is 4.50. The highest BCUT2D eigenvalue weighted by atomic mass is 16.5. The van der Waals surface area contributed by atoms with Gasteiger partial charge in [0.2, 0.25) is 0 Å². The predicted molar refractivity (Wildman–Crippen MR) is 90.7 cm³/mol. The molecule has 1 aromatic rings. The van der Waals surface area contributed by atoms with Gasteiger partial charge in [0, 0.05) is 38.6 Å². The molecule has 0 spiro atoms. The number of aliphatic imine (C=N–C) groups is 1. The van der Waals surface area contributed by atoms with Crippen LogP contribution in [0, 0.1) is 5.41 Å². The van der Waals surface area contributed by atoms with Gasteiger partial charge < -0.3 is 9.64 Å². The second kappa shape index (κ2) is 6.39. The van der Waals surface area contributed by atoms with Crippen molar-refractivity contribution in [3.63, 3.8) is 0 Å². The zero-order valence-electron chi connectivity index (χ0n) is 14.0. The van der Waals surface area contributed by atoms with Crippen LogP contribution in [0.15, 0.2) is 29.3 Å². The first-order valence-corrected chi connectivity index (χ1v) is 8.24. The van der Waals surface area contributed by atoms with Crippen molar-refractivity contribution in [3.05, 3.63) is 29.8 Å². The number of amidine groups is 1. The average Bonchev–Trinajstić information content (AvgIpc) is 2.77. The summed E-state index contributed by atoms with van der Waals surface area (Å²) in [7, 11) is 2.15. The molecule has 0 saturated carbocycles. The Balaban J connectivity index is 1.84. The molecule has 22 heavy (non-hydrogen) atoms. The predicted octanol–water partition coefficient (Wildman–Crippen LogP) is 2.91. The third-order valence-corrected chi connectivity index (χ3v) is 4.75. The minimum Gasteiger partial charge on any atom is -0.379 e. The van der Waals surface area contributed by atoms with Crippen LogP contribution in [0.1, 0.15) is 25.8 Å². The molecule has 0 radical (unpaired) electrons. The lowest BCUT2D eigenvalue weighted by atomic mass is 9.91. The molecule has 2 aliphatic rings. The highest BCUT2D eigenvalue weighted by Crippen LogP contribution is 2.33. The maximum atomic E-state index is 5.44. The van der Waals surface area contributed by atoms with Crippen LogP contribution >= 0.6 is 0 Å². The summed E-state index contributed by atoms with van der Waals surface area (Å²) in [5.74, 6) is 1.21. The van der Waals surface area contributed by atoms with Gasteiger partial charge >= 0.3 is 0 Å². The number of likely N-dealkylation sites (tertiary alicyclic amines) is 1. The summed E-state index contributed by atoms with van der Waals surface area (Å²) in [6.07, 6.45) is 1.17. The van der Waals surface area contributed by atoms with E-state index in [9.17, 15) is 0 Å². The SMILES string of the molecule is CN1CCC(C)(C)/C1=N\c1ccccc1CN1CCOCC1. The van der Waals surface area contributed by atoms with E-state index in [1.54, 1.807) is 0 Å². The third kappa shape index (κ3) is 3.33. The Hall–Kier alpha value is -1.39. The zero-order valence-corrected chi connectivity index (χ0v) is 14.0. The molecule has 2 fully saturated rings. The van der Waals surface area contributed by atoms with Gasteiger partial charge in [0.15, 0.2) is 0 Å². The summed E-state index contributed by atoms with van der Waals surface area (Å²) in [6.45, 7) is 10.3. The Morgan fingerprint density at radius 3 is 2.55 bits per heavy atom. The number of benzene rings is 1. The Morgan fingerprint density at radius 2 is 1.86 bits per heavy atom. The minimum atomic E-state index is 0.167. The van der Waals surface area contributed by atoms with Gasteiger partial charge in [-0.05, 0) is 18.1 Å². The monoisotopic (exact) mass is 301 g/mol. The van der Waals surface area contributed by atoms with Crippen LogP contribution in [-0.4, -0.2) is 55.5 Å². The van der Waals surface area contributed by atoms with Crippen molar-refractivity contribution in [1.82, 2.24) is 9.80 Å². The fourth-order valence-electron chi connectivity index (χ4n) is 3.29. The van der Waals surface area contributed by atoms with Gasteiger partial charge in [0.25, 0.3) is 0 Å². The first-order chi connectivity index (χ1) is 10.6. The number of hydrogen-bond donors (Lipinski definition) is 0. The number of hydrogen-bond acceptors (Lipinski definition) is 3. The molecule has 0 atom stereocenters. The zero-order chi connectivity index (χ0) is 15.6. The van der Waals surface area contributed by atoms with E-state index in [0.29, 0.717) is 0 Å². The molecule has 2 aliphatic heterocycles. The maximum absolute atomic E-state index is 5.44. The molecular formula is C18H27N3O. The van der Waals surface area contributed by atoms with Crippen molar-refractivity contribution in [1.29, 1.82) is 0 Å². The largest absolute Gasteiger partial charge is 0.379 e. The van der Waals surface area contributed by atoms with E-state index < -0.39 is 0 Å². The third-order valence-electron chi connectivity index (χ3n) is 4.75. The van der Waals surface area contributed by atoms with E-state index in [2.05, 4.69) is 55.0 Å². The van der Waals surface area contributed by atoms with Crippen molar-refractivity contribution >= 4 is 11.5 Å². The molecular weight excluding hydrogens is 274 g/mol. The highest BCUT2D eigenvalue weighted by molar-refractivity contribution is 5.91. The van der Waals surface area contributed by atoms with Crippen LogP contribution in [0.2, 0.25) is 0 Å². The summed E-state index contributed by atoms with van der Waals surface area (Å²) in [5, 5.41) is 0. The van der Waals surface area contributed by atoms with Gasteiger partial charge in [0.05, 0.1) is 18.9 Å². The molecule has 2 heterocycles. The van der Waals surface area contributed by atoms with Crippen LogP contribution in [0.4, 0.5) is 5.69 Å². The molecule has 0 amide bonds. The molecule has 4 heteroatoms. The van der Waals surface area contributed by atoms with Gasteiger partial charge in [0.1, 0.15) is 5.84 Å². The smallest absolute Gasteiger partial charge is 0.110 e. The second-order valence-electron chi connectivity index (χ2n) is 7.01. The van der Waals surface area contributed by atoms with E-state index in [-0.39, 0.29) is 5.41 Å². The van der Waals surface area contributed by atoms with E-state index >= 15 is 0 Å². The molecule has 0 aromatic heterocycles. The lowest BCUT2D eigenvalue weighted by Gasteiger charge is -2.27. The summed E-state index contributed by atoms with van der Waals surface area (Å²) in [6, 6.07) is 8.55. The fraction of sp³-hybridized carbons (Fsp3) is 0.611. The van der Waals surface area contributed by atoms with Crippen molar-refractivity contribution in [2.45, 2.75) is 26.8 Å². The maximum Gasteiger partial charge on any atom is 0.110 e. The summed E-state index contributed by atoms with van der Waals surface area (Å²) >= 11 is 0. The van der Waals surface area contributed by atoms with Crippen LogP contribution < -0.4 is 0 Å². The van der Waals surface area contributed by atoms with Gasteiger partial charge in [-0.25, -0.2) is 4.99 Å².